The lowest BCUT2D eigenvalue weighted by Crippen LogP contribution is -2.11. The highest BCUT2D eigenvalue weighted by molar-refractivity contribution is 6.04. The third-order valence-electron chi connectivity index (χ3n) is 4.36. The molecular weight excluding hydrogens is 340 g/mol. The molecule has 4 rings (SSSR count). The number of carbonyl (C=O) groups is 1. The highest BCUT2D eigenvalue weighted by Gasteiger charge is 2.12. The van der Waals surface area contributed by atoms with Crippen molar-refractivity contribution in [1.29, 1.82) is 0 Å². The quantitative estimate of drug-likeness (QED) is 0.380. The first-order valence-corrected chi connectivity index (χ1v) is 8.47. The summed E-state index contributed by atoms with van der Waals surface area (Å²) in [5.74, 6) is 0.236. The van der Waals surface area contributed by atoms with E-state index in [2.05, 4.69) is 10.3 Å². The maximum Gasteiger partial charge on any atom is 0.255 e. The standard InChI is InChI=1S/C21H18N4O2/c1-13-2-11-18-19(12-13)25(27)20(24-18)14-5-9-17(10-6-14)23-21(26)15-3-7-16(22)8-4-15/h2-12,27H,22H2,1H3,(H,23,26). The van der Waals surface area contributed by atoms with E-state index in [1.54, 1.807) is 48.5 Å². The molecule has 0 aliphatic rings. The summed E-state index contributed by atoms with van der Waals surface area (Å²) in [4.78, 5) is 16.8. The molecule has 0 aliphatic heterocycles. The predicted octanol–water partition coefficient (Wildman–Crippen LogP) is 4.08. The number of nitrogens with zero attached hydrogens (tertiary/aromatic N) is 2. The minimum absolute atomic E-state index is 0.215. The van der Waals surface area contributed by atoms with E-state index in [1.165, 1.54) is 0 Å². The average molecular weight is 358 g/mol. The number of nitrogen functional groups attached to an aromatic ring is 1. The number of aryl methyl sites for hydroxylation is 1. The van der Waals surface area contributed by atoms with Gasteiger partial charge >= 0.3 is 0 Å². The van der Waals surface area contributed by atoms with Crippen molar-refractivity contribution >= 4 is 28.3 Å². The summed E-state index contributed by atoms with van der Waals surface area (Å²) >= 11 is 0. The molecule has 134 valence electrons. The van der Waals surface area contributed by atoms with E-state index in [0.717, 1.165) is 21.4 Å². The molecule has 3 aromatic carbocycles. The molecule has 6 heteroatoms. The molecule has 0 unspecified atom stereocenters. The fraction of sp³-hybridized carbons (Fsp3) is 0.0476. The number of anilines is 2. The second-order valence-corrected chi connectivity index (χ2v) is 6.39. The third kappa shape index (κ3) is 3.20. The Kier molecular flexibility index (Phi) is 4.01. The van der Waals surface area contributed by atoms with E-state index in [4.69, 9.17) is 5.73 Å². The maximum absolute atomic E-state index is 12.3. The lowest BCUT2D eigenvalue weighted by atomic mass is 10.1. The first kappa shape index (κ1) is 16.7. The van der Waals surface area contributed by atoms with Crippen LogP contribution in [0.15, 0.2) is 66.7 Å². The molecule has 0 fully saturated rings. The van der Waals surface area contributed by atoms with Gasteiger partial charge in [0, 0.05) is 22.5 Å². The molecule has 0 atom stereocenters. The van der Waals surface area contributed by atoms with Crippen LogP contribution in [-0.4, -0.2) is 20.8 Å². The Balaban J connectivity index is 1.58. The SMILES string of the molecule is Cc1ccc2nc(-c3ccc(NC(=O)c4ccc(N)cc4)cc3)n(O)c2c1. The topological polar surface area (TPSA) is 93.2 Å². The summed E-state index contributed by atoms with van der Waals surface area (Å²) in [5.41, 5.74) is 10.6. The van der Waals surface area contributed by atoms with Crippen LogP contribution in [0.1, 0.15) is 15.9 Å². The predicted molar refractivity (Wildman–Crippen MR) is 106 cm³/mol. The number of hydrogen-bond acceptors (Lipinski definition) is 4. The Morgan fingerprint density at radius 1 is 1.04 bits per heavy atom. The van der Waals surface area contributed by atoms with Crippen molar-refractivity contribution in [2.24, 2.45) is 0 Å². The number of benzene rings is 3. The van der Waals surface area contributed by atoms with Crippen molar-refractivity contribution in [3.05, 3.63) is 77.9 Å². The Bertz CT molecular complexity index is 1130. The van der Waals surface area contributed by atoms with Crippen LogP contribution >= 0.6 is 0 Å². The van der Waals surface area contributed by atoms with Gasteiger partial charge in [-0.2, -0.15) is 4.73 Å². The Labute approximate surface area is 155 Å². The fourth-order valence-corrected chi connectivity index (χ4v) is 2.90. The lowest BCUT2D eigenvalue weighted by molar-refractivity contribution is 0.102. The molecule has 0 saturated heterocycles. The number of nitrogens with two attached hydrogens (primary N) is 1. The van der Waals surface area contributed by atoms with Crippen LogP contribution in [0.2, 0.25) is 0 Å². The van der Waals surface area contributed by atoms with Gasteiger partial charge in [-0.15, -0.1) is 0 Å². The molecule has 0 aliphatic carbocycles. The van der Waals surface area contributed by atoms with E-state index in [1.807, 2.05) is 25.1 Å². The van der Waals surface area contributed by atoms with Crippen LogP contribution in [-0.2, 0) is 0 Å². The number of fused-ring (bicyclic) bond motifs is 1. The molecule has 0 radical (unpaired) electrons. The summed E-state index contributed by atoms with van der Waals surface area (Å²) in [6, 6.07) is 19.6. The van der Waals surface area contributed by atoms with Crippen LogP contribution in [0.5, 0.6) is 0 Å². The molecule has 1 heterocycles. The fourth-order valence-electron chi connectivity index (χ4n) is 2.90. The minimum atomic E-state index is -0.215. The van der Waals surface area contributed by atoms with Crippen molar-refractivity contribution in [1.82, 2.24) is 9.71 Å². The van der Waals surface area contributed by atoms with Gasteiger partial charge in [-0.25, -0.2) is 4.98 Å². The van der Waals surface area contributed by atoms with E-state index >= 15 is 0 Å². The molecule has 27 heavy (non-hydrogen) atoms. The summed E-state index contributed by atoms with van der Waals surface area (Å²) in [5, 5.41) is 13.3. The van der Waals surface area contributed by atoms with Crippen LogP contribution in [0.3, 0.4) is 0 Å². The zero-order valence-electron chi connectivity index (χ0n) is 14.7. The Hall–Kier alpha value is -3.80. The van der Waals surface area contributed by atoms with Gasteiger partial charge in [0.25, 0.3) is 5.91 Å². The van der Waals surface area contributed by atoms with Crippen molar-refractivity contribution in [3.63, 3.8) is 0 Å². The van der Waals surface area contributed by atoms with Crippen LogP contribution in [0.4, 0.5) is 11.4 Å². The van der Waals surface area contributed by atoms with Crippen molar-refractivity contribution in [2.45, 2.75) is 6.92 Å². The number of aromatic nitrogens is 2. The molecule has 0 bridgehead atoms. The number of rotatable bonds is 3. The second-order valence-electron chi connectivity index (χ2n) is 6.39. The van der Waals surface area contributed by atoms with Crippen LogP contribution < -0.4 is 11.1 Å². The normalized spacial score (nSPS) is 10.9. The molecule has 4 N–H and O–H groups in total. The first-order chi connectivity index (χ1) is 13.0. The average Bonchev–Trinajstić information content (AvgIpc) is 2.99. The van der Waals surface area contributed by atoms with Crippen LogP contribution in [0.25, 0.3) is 22.4 Å². The largest absolute Gasteiger partial charge is 0.426 e. The minimum Gasteiger partial charge on any atom is -0.426 e. The zero-order valence-corrected chi connectivity index (χ0v) is 14.7. The first-order valence-electron chi connectivity index (χ1n) is 8.47. The molecule has 1 amide bonds. The lowest BCUT2D eigenvalue weighted by Gasteiger charge is -2.07. The van der Waals surface area contributed by atoms with E-state index in [0.29, 0.717) is 28.3 Å². The Morgan fingerprint density at radius 2 is 1.74 bits per heavy atom. The molecule has 0 saturated carbocycles. The van der Waals surface area contributed by atoms with Gasteiger partial charge in [-0.3, -0.25) is 4.79 Å². The molecule has 0 spiro atoms. The number of imidazole rings is 1. The third-order valence-corrected chi connectivity index (χ3v) is 4.36. The summed E-state index contributed by atoms with van der Waals surface area (Å²) < 4.78 is 1.09. The maximum atomic E-state index is 12.3. The Morgan fingerprint density at radius 3 is 2.44 bits per heavy atom. The number of amides is 1. The van der Waals surface area contributed by atoms with Gasteiger partial charge < -0.3 is 16.3 Å². The second kappa shape index (κ2) is 6.49. The summed E-state index contributed by atoms with van der Waals surface area (Å²) in [7, 11) is 0. The summed E-state index contributed by atoms with van der Waals surface area (Å²) in [6.45, 7) is 1.96. The molecule has 1 aromatic heterocycles. The van der Waals surface area contributed by atoms with Crippen molar-refractivity contribution in [3.8, 4) is 11.4 Å². The molecular formula is C21H18N4O2. The number of hydrogen-bond donors (Lipinski definition) is 3. The number of nitrogens with one attached hydrogen (secondary N) is 1. The van der Waals surface area contributed by atoms with E-state index in [-0.39, 0.29) is 5.91 Å². The van der Waals surface area contributed by atoms with E-state index in [9.17, 15) is 10.0 Å². The molecule has 6 nitrogen and oxygen atoms in total. The van der Waals surface area contributed by atoms with Gasteiger partial charge in [0.15, 0.2) is 5.82 Å². The van der Waals surface area contributed by atoms with Crippen LogP contribution in [0, 0.1) is 6.92 Å². The van der Waals surface area contributed by atoms with Gasteiger partial charge in [0.2, 0.25) is 0 Å². The zero-order chi connectivity index (χ0) is 19.0. The summed E-state index contributed by atoms with van der Waals surface area (Å²) in [6.07, 6.45) is 0. The van der Waals surface area contributed by atoms with Gasteiger partial charge in [0.05, 0.1) is 5.52 Å². The van der Waals surface area contributed by atoms with Gasteiger partial charge in [-0.1, -0.05) is 6.07 Å². The van der Waals surface area contributed by atoms with Gasteiger partial charge in [-0.05, 0) is 73.2 Å². The van der Waals surface area contributed by atoms with Crippen molar-refractivity contribution in [2.75, 3.05) is 11.1 Å². The highest BCUT2D eigenvalue weighted by atomic mass is 16.5. The molecule has 4 aromatic rings. The highest BCUT2D eigenvalue weighted by Crippen LogP contribution is 2.25. The van der Waals surface area contributed by atoms with Gasteiger partial charge in [0.1, 0.15) is 5.52 Å². The smallest absolute Gasteiger partial charge is 0.255 e. The van der Waals surface area contributed by atoms with E-state index < -0.39 is 0 Å². The number of carbonyl (C=O) groups excluding carboxylic acids is 1. The monoisotopic (exact) mass is 358 g/mol. The van der Waals surface area contributed by atoms with Crippen molar-refractivity contribution < 1.29 is 10.0 Å².